The van der Waals surface area contributed by atoms with Crippen molar-refractivity contribution in [2.75, 3.05) is 27.2 Å². The molecule has 0 saturated heterocycles. The van der Waals surface area contributed by atoms with Crippen LogP contribution < -0.4 is 4.74 Å². The van der Waals surface area contributed by atoms with Gasteiger partial charge in [-0.25, -0.2) is 4.39 Å². The summed E-state index contributed by atoms with van der Waals surface area (Å²) in [5, 5.41) is 0. The Kier molecular flexibility index (Phi) is 5.69. The number of benzene rings is 1. The molecule has 1 aromatic rings. The average Bonchev–Trinajstić information content (AvgIpc) is 2.33. The largest absolute Gasteiger partial charge is 0.496 e. The van der Waals surface area contributed by atoms with Crippen LogP contribution in [0.2, 0.25) is 0 Å². The minimum absolute atomic E-state index is 0.0548. The minimum atomic E-state index is -0.521. The number of ether oxygens (including phenoxy) is 1. The Morgan fingerprint density at radius 1 is 1.35 bits per heavy atom. The Balaban J connectivity index is 2.68. The van der Waals surface area contributed by atoms with Crippen LogP contribution in [-0.2, 0) is 0 Å². The molecule has 0 N–H and O–H groups in total. The van der Waals surface area contributed by atoms with Crippen LogP contribution in [0.15, 0.2) is 18.2 Å². The van der Waals surface area contributed by atoms with Crippen LogP contribution in [0.5, 0.6) is 5.75 Å². The molecule has 1 rings (SSSR count). The molecule has 3 nitrogen and oxygen atoms in total. The molecule has 20 heavy (non-hydrogen) atoms. The monoisotopic (exact) mass is 281 g/mol. The number of Topliss-reactive ketones (excluding diaryl/α,β-unsaturated/α-hetero) is 1. The van der Waals surface area contributed by atoms with Crippen molar-refractivity contribution in [1.29, 1.82) is 0 Å². The van der Waals surface area contributed by atoms with E-state index < -0.39 is 5.82 Å². The smallest absolute Gasteiger partial charge is 0.170 e. The van der Waals surface area contributed by atoms with Gasteiger partial charge in [0.05, 0.1) is 12.7 Å². The molecule has 112 valence electrons. The Labute approximate surface area is 120 Å². The van der Waals surface area contributed by atoms with Crippen molar-refractivity contribution in [1.82, 2.24) is 4.90 Å². The fourth-order valence-electron chi connectivity index (χ4n) is 2.25. The standard InChI is InChI=1S/C16H24FNO2/c1-16(2,3)11-18(4)10-9-13(19)15-12(17)7-6-8-14(15)20-5/h6-8H,9-11H2,1-5H3. The molecule has 0 saturated carbocycles. The van der Waals surface area contributed by atoms with Crippen LogP contribution >= 0.6 is 0 Å². The van der Waals surface area contributed by atoms with E-state index in [0.717, 1.165) is 6.54 Å². The topological polar surface area (TPSA) is 29.5 Å². The van der Waals surface area contributed by atoms with E-state index >= 15 is 0 Å². The highest BCUT2D eigenvalue weighted by atomic mass is 19.1. The first kappa shape index (κ1) is 16.6. The van der Waals surface area contributed by atoms with Crippen molar-refractivity contribution in [3.8, 4) is 5.75 Å². The van der Waals surface area contributed by atoms with Crippen molar-refractivity contribution in [2.24, 2.45) is 5.41 Å². The van der Waals surface area contributed by atoms with Gasteiger partial charge < -0.3 is 9.64 Å². The molecule has 0 aliphatic heterocycles. The summed E-state index contributed by atoms with van der Waals surface area (Å²) < 4.78 is 18.8. The van der Waals surface area contributed by atoms with Crippen LogP contribution in [0.25, 0.3) is 0 Å². The zero-order valence-corrected chi connectivity index (χ0v) is 13.0. The van der Waals surface area contributed by atoms with Gasteiger partial charge in [-0.15, -0.1) is 0 Å². The third-order valence-corrected chi connectivity index (χ3v) is 2.94. The second-order valence-electron chi connectivity index (χ2n) is 6.29. The fraction of sp³-hybridized carbons (Fsp3) is 0.562. The van der Waals surface area contributed by atoms with Gasteiger partial charge in [-0.05, 0) is 24.6 Å². The molecule has 0 spiro atoms. The highest BCUT2D eigenvalue weighted by molar-refractivity contribution is 5.99. The number of hydrogen-bond donors (Lipinski definition) is 0. The van der Waals surface area contributed by atoms with E-state index in [1.807, 2.05) is 7.05 Å². The first-order chi connectivity index (χ1) is 9.24. The summed E-state index contributed by atoms with van der Waals surface area (Å²) in [6.07, 6.45) is 0.282. The first-order valence-corrected chi connectivity index (χ1v) is 6.79. The van der Waals surface area contributed by atoms with E-state index in [1.165, 1.54) is 19.2 Å². The van der Waals surface area contributed by atoms with Gasteiger partial charge in [0.25, 0.3) is 0 Å². The molecule has 0 radical (unpaired) electrons. The molecule has 0 fully saturated rings. The summed E-state index contributed by atoms with van der Waals surface area (Å²) in [5.74, 6) is -0.443. The van der Waals surface area contributed by atoms with Gasteiger partial charge in [0.2, 0.25) is 0 Å². The second-order valence-corrected chi connectivity index (χ2v) is 6.29. The number of ketones is 1. The molecule has 1 aromatic carbocycles. The molecule has 0 aromatic heterocycles. The molecule has 0 heterocycles. The van der Waals surface area contributed by atoms with E-state index in [1.54, 1.807) is 6.07 Å². The Hall–Kier alpha value is -1.42. The lowest BCUT2D eigenvalue weighted by atomic mass is 9.96. The van der Waals surface area contributed by atoms with Crippen LogP contribution in [0.3, 0.4) is 0 Å². The van der Waals surface area contributed by atoms with E-state index in [2.05, 4.69) is 25.7 Å². The molecule has 4 heteroatoms. The minimum Gasteiger partial charge on any atom is -0.496 e. The van der Waals surface area contributed by atoms with E-state index in [-0.39, 0.29) is 23.2 Å². The first-order valence-electron chi connectivity index (χ1n) is 6.79. The molecule has 0 aliphatic carbocycles. The Bertz CT molecular complexity index is 466. The van der Waals surface area contributed by atoms with Gasteiger partial charge >= 0.3 is 0 Å². The van der Waals surface area contributed by atoms with Gasteiger partial charge in [0, 0.05) is 19.5 Å². The van der Waals surface area contributed by atoms with Crippen molar-refractivity contribution < 1.29 is 13.9 Å². The third kappa shape index (κ3) is 4.93. The highest BCUT2D eigenvalue weighted by Gasteiger charge is 2.19. The van der Waals surface area contributed by atoms with Gasteiger partial charge in [0.15, 0.2) is 5.78 Å². The number of rotatable bonds is 6. The normalized spacial score (nSPS) is 11.8. The Morgan fingerprint density at radius 3 is 2.55 bits per heavy atom. The molecular weight excluding hydrogens is 257 g/mol. The third-order valence-electron chi connectivity index (χ3n) is 2.94. The maximum atomic E-state index is 13.8. The molecule has 0 atom stereocenters. The number of carbonyl (C=O) groups is 1. The number of hydrogen-bond acceptors (Lipinski definition) is 3. The average molecular weight is 281 g/mol. The quantitative estimate of drug-likeness (QED) is 0.749. The molecule has 0 bridgehead atoms. The predicted octanol–water partition coefficient (Wildman–Crippen LogP) is 3.39. The Morgan fingerprint density at radius 2 is 2.00 bits per heavy atom. The second kappa shape index (κ2) is 6.84. The highest BCUT2D eigenvalue weighted by Crippen LogP contribution is 2.23. The van der Waals surface area contributed by atoms with Crippen LogP contribution in [0.4, 0.5) is 4.39 Å². The summed E-state index contributed by atoms with van der Waals surface area (Å²) in [6, 6.07) is 4.43. The van der Waals surface area contributed by atoms with Gasteiger partial charge in [-0.3, -0.25) is 4.79 Å². The lowest BCUT2D eigenvalue weighted by Gasteiger charge is -2.26. The van der Waals surface area contributed by atoms with E-state index in [9.17, 15) is 9.18 Å². The summed E-state index contributed by atoms with van der Waals surface area (Å²) in [6.45, 7) is 7.92. The summed E-state index contributed by atoms with van der Waals surface area (Å²) in [4.78, 5) is 14.3. The zero-order chi connectivity index (χ0) is 15.3. The maximum Gasteiger partial charge on any atom is 0.170 e. The van der Waals surface area contributed by atoms with Crippen LogP contribution in [0, 0.1) is 11.2 Å². The lowest BCUT2D eigenvalue weighted by Crippen LogP contribution is -2.31. The van der Waals surface area contributed by atoms with Crippen molar-refractivity contribution >= 4 is 5.78 Å². The number of carbonyl (C=O) groups excluding carboxylic acids is 1. The number of nitrogens with zero attached hydrogens (tertiary/aromatic N) is 1. The van der Waals surface area contributed by atoms with E-state index in [0.29, 0.717) is 12.3 Å². The summed E-state index contributed by atoms with van der Waals surface area (Å²) >= 11 is 0. The van der Waals surface area contributed by atoms with Gasteiger partial charge in [-0.1, -0.05) is 26.8 Å². The van der Waals surface area contributed by atoms with Crippen molar-refractivity contribution in [2.45, 2.75) is 27.2 Å². The van der Waals surface area contributed by atoms with Crippen LogP contribution in [0.1, 0.15) is 37.6 Å². The zero-order valence-electron chi connectivity index (χ0n) is 13.0. The fourth-order valence-corrected chi connectivity index (χ4v) is 2.25. The van der Waals surface area contributed by atoms with Gasteiger partial charge in [-0.2, -0.15) is 0 Å². The number of halogens is 1. The number of methoxy groups -OCH3 is 1. The molecule has 0 amide bonds. The molecule has 0 aliphatic rings. The van der Waals surface area contributed by atoms with Crippen molar-refractivity contribution in [3.05, 3.63) is 29.6 Å². The SMILES string of the molecule is COc1cccc(F)c1C(=O)CCN(C)CC(C)(C)C. The molecule has 0 unspecified atom stereocenters. The lowest BCUT2D eigenvalue weighted by molar-refractivity contribution is 0.0954. The van der Waals surface area contributed by atoms with E-state index in [4.69, 9.17) is 4.74 Å². The summed E-state index contributed by atoms with van der Waals surface area (Å²) in [5.41, 5.74) is 0.229. The van der Waals surface area contributed by atoms with Crippen molar-refractivity contribution in [3.63, 3.8) is 0 Å². The maximum absolute atomic E-state index is 13.8. The predicted molar refractivity (Wildman–Crippen MR) is 78.9 cm³/mol. The van der Waals surface area contributed by atoms with Gasteiger partial charge in [0.1, 0.15) is 11.6 Å². The summed E-state index contributed by atoms with van der Waals surface area (Å²) in [7, 11) is 3.41. The molecular formula is C16H24FNO2. The van der Waals surface area contributed by atoms with Crippen LogP contribution in [-0.4, -0.2) is 37.9 Å².